The Hall–Kier alpha value is -6.84. The van der Waals surface area contributed by atoms with Crippen molar-refractivity contribution in [2.45, 2.75) is 19.3 Å². The van der Waals surface area contributed by atoms with E-state index in [2.05, 4.69) is 195 Å². The molecule has 0 fully saturated rings. The first-order valence-electron chi connectivity index (χ1n) is 18.6. The van der Waals surface area contributed by atoms with E-state index in [9.17, 15) is 0 Å². The summed E-state index contributed by atoms with van der Waals surface area (Å²) in [4.78, 5) is 12.9. The first kappa shape index (κ1) is 31.9. The highest BCUT2D eigenvalue weighted by molar-refractivity contribution is 6.07. The van der Waals surface area contributed by atoms with Crippen LogP contribution in [0.1, 0.15) is 25.0 Å². The lowest BCUT2D eigenvalue weighted by molar-refractivity contribution is 0.660. The highest BCUT2D eigenvalue weighted by atomic mass is 15.1. The largest absolute Gasteiger partial charge is 0.310 e. The van der Waals surface area contributed by atoms with Gasteiger partial charge in [0.1, 0.15) is 0 Å². The maximum Gasteiger partial charge on any atom is 0.0973 e. The zero-order valence-corrected chi connectivity index (χ0v) is 30.2. The van der Waals surface area contributed by atoms with Crippen molar-refractivity contribution >= 4 is 38.9 Å². The molecular formula is C51H37N3. The van der Waals surface area contributed by atoms with E-state index >= 15 is 0 Å². The minimum atomic E-state index is -0.178. The molecule has 9 aromatic rings. The lowest BCUT2D eigenvalue weighted by Crippen LogP contribution is -2.16. The molecule has 1 aliphatic carbocycles. The summed E-state index contributed by atoms with van der Waals surface area (Å²) in [7, 11) is 0. The third-order valence-corrected chi connectivity index (χ3v) is 11.0. The minimum Gasteiger partial charge on any atom is -0.310 e. The van der Waals surface area contributed by atoms with Crippen molar-refractivity contribution in [1.82, 2.24) is 9.97 Å². The Morgan fingerprint density at radius 2 is 1.04 bits per heavy atom. The van der Waals surface area contributed by atoms with Crippen LogP contribution in [0, 0.1) is 0 Å². The lowest BCUT2D eigenvalue weighted by atomic mass is 9.81. The van der Waals surface area contributed by atoms with Crippen molar-refractivity contribution < 1.29 is 0 Å². The summed E-state index contributed by atoms with van der Waals surface area (Å²) in [5.74, 6) is 0. The molecule has 0 unspecified atom stereocenters. The van der Waals surface area contributed by atoms with Gasteiger partial charge in [0.15, 0.2) is 0 Å². The average molecular weight is 692 g/mol. The molecule has 8 aromatic carbocycles. The number of fused-ring (bicyclic) bond motifs is 6. The molecule has 0 amide bonds. The summed E-state index contributed by atoms with van der Waals surface area (Å²) >= 11 is 0. The molecule has 10 rings (SSSR count). The molecule has 0 atom stereocenters. The molecule has 1 heterocycles. The second kappa shape index (κ2) is 12.7. The molecule has 0 spiro atoms. The summed E-state index contributed by atoms with van der Waals surface area (Å²) in [5, 5.41) is 2.24. The Bertz CT molecular complexity index is 2790. The maximum atomic E-state index is 5.36. The van der Waals surface area contributed by atoms with Crippen molar-refractivity contribution in [3.63, 3.8) is 0 Å². The predicted octanol–water partition coefficient (Wildman–Crippen LogP) is 13.6. The Morgan fingerprint density at radius 1 is 0.426 bits per heavy atom. The summed E-state index contributed by atoms with van der Waals surface area (Å²) in [6.07, 6.45) is 0. The van der Waals surface area contributed by atoms with E-state index < -0.39 is 0 Å². The number of anilines is 3. The van der Waals surface area contributed by atoms with Crippen LogP contribution in [0.5, 0.6) is 0 Å². The molecule has 3 nitrogen and oxygen atoms in total. The number of para-hydroxylation sites is 2. The fourth-order valence-corrected chi connectivity index (χ4v) is 8.37. The summed E-state index contributed by atoms with van der Waals surface area (Å²) in [6.45, 7) is 4.72. The third kappa shape index (κ3) is 5.20. The van der Waals surface area contributed by atoms with Crippen LogP contribution in [0.2, 0.25) is 0 Å². The number of nitrogens with zero attached hydrogens (tertiary/aromatic N) is 3. The molecule has 0 N–H and O–H groups in total. The van der Waals surface area contributed by atoms with E-state index in [-0.39, 0.29) is 5.41 Å². The molecule has 1 aliphatic rings. The molecule has 0 radical (unpaired) electrons. The van der Waals surface area contributed by atoms with E-state index in [1.807, 2.05) is 12.1 Å². The molecule has 0 saturated carbocycles. The van der Waals surface area contributed by atoms with Gasteiger partial charge in [0.2, 0.25) is 0 Å². The van der Waals surface area contributed by atoms with Crippen LogP contribution in [0.25, 0.3) is 66.6 Å². The van der Waals surface area contributed by atoms with Gasteiger partial charge in [-0.05, 0) is 87.3 Å². The number of hydrogen-bond donors (Lipinski definition) is 0. The predicted molar refractivity (Wildman–Crippen MR) is 226 cm³/mol. The van der Waals surface area contributed by atoms with Gasteiger partial charge in [0.05, 0.1) is 22.4 Å². The van der Waals surface area contributed by atoms with Crippen LogP contribution in [-0.2, 0) is 5.41 Å². The molecule has 0 aliphatic heterocycles. The Morgan fingerprint density at radius 3 is 1.69 bits per heavy atom. The van der Waals surface area contributed by atoms with Crippen molar-refractivity contribution in [1.29, 1.82) is 0 Å². The zero-order valence-electron chi connectivity index (χ0n) is 30.2. The van der Waals surface area contributed by atoms with E-state index in [4.69, 9.17) is 9.97 Å². The van der Waals surface area contributed by atoms with E-state index in [0.29, 0.717) is 0 Å². The number of aromatic nitrogens is 2. The summed E-state index contributed by atoms with van der Waals surface area (Å²) in [6, 6.07) is 67.0. The SMILES string of the molecule is CC1(C)c2cc(N(c3ccccc3)c3ccccc3)ccc2-c2c(-c3ccc4c(ccc5nc(-c6ccccc6)c(-c6ccccc6)nc54)c3)cccc21. The van der Waals surface area contributed by atoms with Crippen LogP contribution in [0.4, 0.5) is 17.1 Å². The molecule has 54 heavy (non-hydrogen) atoms. The van der Waals surface area contributed by atoms with Crippen LogP contribution in [0.3, 0.4) is 0 Å². The molecule has 3 heteroatoms. The molecule has 1 aromatic heterocycles. The van der Waals surface area contributed by atoms with Crippen LogP contribution >= 0.6 is 0 Å². The van der Waals surface area contributed by atoms with Crippen molar-refractivity contribution in [2.75, 3.05) is 4.90 Å². The fourth-order valence-electron chi connectivity index (χ4n) is 8.37. The van der Waals surface area contributed by atoms with E-state index in [1.54, 1.807) is 0 Å². The van der Waals surface area contributed by atoms with Gasteiger partial charge in [-0.15, -0.1) is 0 Å². The van der Waals surface area contributed by atoms with Gasteiger partial charge in [0.25, 0.3) is 0 Å². The highest BCUT2D eigenvalue weighted by Gasteiger charge is 2.37. The third-order valence-electron chi connectivity index (χ3n) is 11.0. The van der Waals surface area contributed by atoms with Crippen LogP contribution < -0.4 is 4.90 Å². The average Bonchev–Trinajstić information content (AvgIpc) is 3.47. The van der Waals surface area contributed by atoms with Crippen molar-refractivity contribution in [3.05, 3.63) is 199 Å². The normalized spacial score (nSPS) is 12.8. The number of rotatable bonds is 6. The lowest BCUT2D eigenvalue weighted by Gasteiger charge is -2.28. The number of hydrogen-bond acceptors (Lipinski definition) is 3. The maximum absolute atomic E-state index is 5.36. The second-order valence-corrected chi connectivity index (χ2v) is 14.6. The molecule has 256 valence electrons. The quantitative estimate of drug-likeness (QED) is 0.163. The summed E-state index contributed by atoms with van der Waals surface area (Å²) in [5.41, 5.74) is 16.7. The van der Waals surface area contributed by atoms with Gasteiger partial charge in [-0.25, -0.2) is 9.97 Å². The highest BCUT2D eigenvalue weighted by Crippen LogP contribution is 2.54. The minimum absolute atomic E-state index is 0.178. The van der Waals surface area contributed by atoms with Crippen molar-refractivity contribution in [3.8, 4) is 44.8 Å². The van der Waals surface area contributed by atoms with Crippen LogP contribution in [-0.4, -0.2) is 9.97 Å². The van der Waals surface area contributed by atoms with Gasteiger partial charge in [-0.2, -0.15) is 0 Å². The molecule has 0 saturated heterocycles. The smallest absolute Gasteiger partial charge is 0.0973 e. The number of benzene rings is 8. The molecule has 0 bridgehead atoms. The fraction of sp³-hybridized carbons (Fsp3) is 0.0588. The van der Waals surface area contributed by atoms with E-state index in [1.165, 1.54) is 33.4 Å². The van der Waals surface area contributed by atoms with E-state index in [0.717, 1.165) is 61.4 Å². The molecular weight excluding hydrogens is 655 g/mol. The first-order chi connectivity index (χ1) is 26.5. The van der Waals surface area contributed by atoms with Gasteiger partial charge in [-0.1, -0.05) is 153 Å². The Labute approximate surface area is 315 Å². The zero-order chi connectivity index (χ0) is 36.2. The van der Waals surface area contributed by atoms with Gasteiger partial charge >= 0.3 is 0 Å². The van der Waals surface area contributed by atoms with Crippen LogP contribution in [0.15, 0.2) is 188 Å². The van der Waals surface area contributed by atoms with Crippen molar-refractivity contribution in [2.24, 2.45) is 0 Å². The van der Waals surface area contributed by atoms with Gasteiger partial charge in [-0.3, -0.25) is 0 Å². The Kier molecular flexibility index (Phi) is 7.48. The standard InChI is InChI=1S/C51H37N3/c1-51(2)44-25-15-24-41(47(44)43-30-28-40(33-45(43)51)54(38-20-11-5-12-21-38)39-22-13-6-14-23-39)36-26-29-42-37(32-36)27-31-46-50(42)53-49(35-18-9-4-10-19-35)48(52-46)34-16-7-3-8-17-34/h3-33H,1-2H3. The topological polar surface area (TPSA) is 29.0 Å². The first-order valence-corrected chi connectivity index (χ1v) is 18.6. The van der Waals surface area contributed by atoms with Gasteiger partial charge in [0, 0.05) is 39.0 Å². The Balaban J connectivity index is 1.10. The van der Waals surface area contributed by atoms with Gasteiger partial charge < -0.3 is 4.90 Å². The monoisotopic (exact) mass is 691 g/mol. The summed E-state index contributed by atoms with van der Waals surface area (Å²) < 4.78 is 0. The second-order valence-electron chi connectivity index (χ2n) is 14.6.